The lowest BCUT2D eigenvalue weighted by molar-refractivity contribution is -0.383. The standard InChI is InChI=1S/C25H24F3N5O4S/c1-15(23(35)32(18-7-8-18)17-5-3-2-4-6-17)30-9-11-31(12-10-30)24-29-22(34)19-13-16(25(26,27)28)14-20(33(36)37)21(19)38-24/h2-6,13-15,18H,7-12H2,1H3. The average molecular weight is 548 g/mol. The first-order chi connectivity index (χ1) is 18.0. The zero-order chi connectivity index (χ0) is 27.2. The van der Waals surface area contributed by atoms with E-state index in [0.29, 0.717) is 38.3 Å². The number of nitro groups is 1. The molecule has 2 aliphatic rings. The Bertz CT molecular complexity index is 1440. The van der Waals surface area contributed by atoms with Crippen molar-refractivity contribution in [2.75, 3.05) is 36.0 Å². The topological polar surface area (TPSA) is 99.9 Å². The molecule has 9 nitrogen and oxygen atoms in total. The molecule has 1 saturated heterocycles. The Morgan fingerprint density at radius 1 is 1.16 bits per heavy atom. The number of carbonyl (C=O) groups is 1. The third-order valence-electron chi connectivity index (χ3n) is 6.89. The molecule has 1 aliphatic carbocycles. The van der Waals surface area contributed by atoms with Gasteiger partial charge >= 0.3 is 6.18 Å². The lowest BCUT2D eigenvalue weighted by Gasteiger charge is -2.39. The molecule has 0 bridgehead atoms. The van der Waals surface area contributed by atoms with Gasteiger partial charge in [-0.1, -0.05) is 29.5 Å². The van der Waals surface area contributed by atoms with Crippen LogP contribution in [0.4, 0.5) is 29.7 Å². The van der Waals surface area contributed by atoms with E-state index < -0.39 is 33.3 Å². The predicted octanol–water partition coefficient (Wildman–Crippen LogP) is 4.29. The highest BCUT2D eigenvalue weighted by atomic mass is 32.1. The van der Waals surface area contributed by atoms with Gasteiger partial charge in [0.25, 0.3) is 11.2 Å². The monoisotopic (exact) mass is 547 g/mol. The Morgan fingerprint density at radius 3 is 2.39 bits per heavy atom. The molecular weight excluding hydrogens is 523 g/mol. The lowest BCUT2D eigenvalue weighted by atomic mass is 10.1. The van der Waals surface area contributed by atoms with E-state index in [1.807, 2.05) is 47.1 Å². The fraction of sp³-hybridized carbons (Fsp3) is 0.400. The largest absolute Gasteiger partial charge is 0.416 e. The highest BCUT2D eigenvalue weighted by molar-refractivity contribution is 7.22. The summed E-state index contributed by atoms with van der Waals surface area (Å²) in [5, 5.41) is 11.3. The van der Waals surface area contributed by atoms with Gasteiger partial charge in [0, 0.05) is 44.0 Å². The molecule has 13 heteroatoms. The van der Waals surface area contributed by atoms with Crippen LogP contribution < -0.4 is 15.4 Å². The summed E-state index contributed by atoms with van der Waals surface area (Å²) in [6, 6.07) is 10.4. The quantitative estimate of drug-likeness (QED) is 0.335. The van der Waals surface area contributed by atoms with Crippen LogP contribution in [0.15, 0.2) is 47.3 Å². The highest BCUT2D eigenvalue weighted by Gasteiger charge is 2.38. The summed E-state index contributed by atoms with van der Waals surface area (Å²) >= 11 is 0.824. The number of nitro benzene ring substituents is 1. The number of carbonyl (C=O) groups excluding carboxylic acids is 1. The van der Waals surface area contributed by atoms with Gasteiger partial charge in [-0.3, -0.25) is 24.6 Å². The zero-order valence-electron chi connectivity index (χ0n) is 20.3. The van der Waals surface area contributed by atoms with Crippen molar-refractivity contribution in [3.05, 3.63) is 68.5 Å². The lowest BCUT2D eigenvalue weighted by Crippen LogP contribution is -2.55. The minimum absolute atomic E-state index is 0.0109. The maximum Gasteiger partial charge on any atom is 0.416 e. The molecule has 1 saturated carbocycles. The van der Waals surface area contributed by atoms with Gasteiger partial charge in [-0.15, -0.1) is 0 Å². The Hall–Kier alpha value is -3.58. The predicted molar refractivity (Wildman–Crippen MR) is 138 cm³/mol. The van der Waals surface area contributed by atoms with E-state index in [4.69, 9.17) is 0 Å². The number of fused-ring (bicyclic) bond motifs is 1. The van der Waals surface area contributed by atoms with Gasteiger partial charge < -0.3 is 9.80 Å². The Morgan fingerprint density at radius 2 is 1.82 bits per heavy atom. The van der Waals surface area contributed by atoms with Crippen LogP contribution in [0.25, 0.3) is 10.1 Å². The number of non-ortho nitro benzene ring substituents is 1. The summed E-state index contributed by atoms with van der Waals surface area (Å²) in [6.45, 7) is 3.63. The number of alkyl halides is 3. The molecule has 1 unspecified atom stereocenters. The first kappa shape index (κ1) is 26.0. The van der Waals surface area contributed by atoms with Crippen LogP contribution in [-0.2, 0) is 11.0 Å². The number of hydrogen-bond acceptors (Lipinski definition) is 8. The molecule has 200 valence electrons. The molecular formula is C25H24F3N5O4S. The SMILES string of the molecule is CC(C(=O)N(c1ccccc1)C1CC1)N1CCN(c2nc(=O)c3cc(C(F)(F)F)cc([N+](=O)[O-])c3s2)CC1. The number of aromatic nitrogens is 1. The first-order valence-electron chi connectivity index (χ1n) is 12.1. The Kier molecular flexibility index (Phi) is 6.82. The van der Waals surface area contributed by atoms with Crippen molar-refractivity contribution in [3.63, 3.8) is 0 Å². The number of rotatable bonds is 6. The fourth-order valence-corrected chi connectivity index (χ4v) is 5.79. The first-order valence-corrected chi connectivity index (χ1v) is 12.9. The molecule has 0 N–H and O–H groups in total. The van der Waals surface area contributed by atoms with Crippen LogP contribution in [0.2, 0.25) is 0 Å². The van der Waals surface area contributed by atoms with Crippen LogP contribution in [0.3, 0.4) is 0 Å². The van der Waals surface area contributed by atoms with Crippen molar-refractivity contribution >= 4 is 43.8 Å². The van der Waals surface area contributed by atoms with Gasteiger partial charge in [-0.25, -0.2) is 0 Å². The van der Waals surface area contributed by atoms with E-state index in [2.05, 4.69) is 4.98 Å². The average Bonchev–Trinajstić information content (AvgIpc) is 3.73. The molecule has 0 spiro atoms. The molecule has 1 aliphatic heterocycles. The summed E-state index contributed by atoms with van der Waals surface area (Å²) in [4.78, 5) is 46.4. The van der Waals surface area contributed by atoms with E-state index >= 15 is 0 Å². The van der Waals surface area contributed by atoms with Crippen LogP contribution >= 0.6 is 11.3 Å². The molecule has 0 radical (unpaired) electrons. The number of nitrogens with zero attached hydrogens (tertiary/aromatic N) is 5. The summed E-state index contributed by atoms with van der Waals surface area (Å²) in [6.07, 6.45) is -2.91. The molecule has 2 heterocycles. The van der Waals surface area contributed by atoms with Gasteiger partial charge in [0.1, 0.15) is 4.70 Å². The van der Waals surface area contributed by atoms with Crippen LogP contribution in [0.5, 0.6) is 0 Å². The Balaban J connectivity index is 1.35. The maximum atomic E-state index is 13.4. The van der Waals surface area contributed by atoms with Crippen LogP contribution in [-0.4, -0.2) is 59.0 Å². The minimum Gasteiger partial charge on any atom is -0.345 e. The number of para-hydroxylation sites is 1. The molecule has 38 heavy (non-hydrogen) atoms. The van der Waals surface area contributed by atoms with Crippen LogP contribution in [0, 0.1) is 10.1 Å². The number of benzene rings is 2. The molecule has 2 fully saturated rings. The number of hydrogen-bond donors (Lipinski definition) is 0. The van der Waals surface area contributed by atoms with Crippen molar-refractivity contribution in [3.8, 4) is 0 Å². The molecule has 5 rings (SSSR count). The smallest absolute Gasteiger partial charge is 0.345 e. The van der Waals surface area contributed by atoms with E-state index in [1.54, 1.807) is 4.90 Å². The number of piperazine rings is 1. The van der Waals surface area contributed by atoms with E-state index in [9.17, 15) is 32.9 Å². The Labute approximate surface area is 219 Å². The molecule has 1 aromatic heterocycles. The van der Waals surface area contributed by atoms with Gasteiger partial charge in [0.2, 0.25) is 5.91 Å². The maximum absolute atomic E-state index is 13.4. The van der Waals surface area contributed by atoms with Gasteiger partial charge in [-0.05, 0) is 38.0 Å². The second-order valence-corrected chi connectivity index (χ2v) is 10.4. The highest BCUT2D eigenvalue weighted by Crippen LogP contribution is 2.38. The van der Waals surface area contributed by atoms with E-state index in [-0.39, 0.29) is 27.8 Å². The normalized spacial score (nSPS) is 17.4. The van der Waals surface area contributed by atoms with Crippen molar-refractivity contribution in [2.24, 2.45) is 0 Å². The molecule has 3 aromatic rings. The second-order valence-electron chi connectivity index (χ2n) is 9.40. The molecule has 1 amide bonds. The van der Waals surface area contributed by atoms with Crippen molar-refractivity contribution in [2.45, 2.75) is 38.0 Å². The van der Waals surface area contributed by atoms with Crippen LogP contribution in [0.1, 0.15) is 25.3 Å². The van der Waals surface area contributed by atoms with E-state index in [0.717, 1.165) is 29.9 Å². The van der Waals surface area contributed by atoms with Gasteiger partial charge in [0.05, 0.1) is 21.9 Å². The summed E-state index contributed by atoms with van der Waals surface area (Å²) in [7, 11) is 0. The van der Waals surface area contributed by atoms with Crippen molar-refractivity contribution in [1.29, 1.82) is 0 Å². The zero-order valence-corrected chi connectivity index (χ0v) is 21.2. The third-order valence-corrected chi connectivity index (χ3v) is 8.05. The minimum atomic E-state index is -4.84. The fourth-order valence-electron chi connectivity index (χ4n) is 4.67. The van der Waals surface area contributed by atoms with Gasteiger partial charge in [-0.2, -0.15) is 18.2 Å². The van der Waals surface area contributed by atoms with Crippen molar-refractivity contribution in [1.82, 2.24) is 9.88 Å². The van der Waals surface area contributed by atoms with Crippen molar-refractivity contribution < 1.29 is 22.9 Å². The molecule has 1 atom stereocenters. The van der Waals surface area contributed by atoms with Gasteiger partial charge in [0.15, 0.2) is 5.13 Å². The molecule has 2 aromatic carbocycles. The third kappa shape index (κ3) is 5.07. The number of halogens is 3. The van der Waals surface area contributed by atoms with E-state index in [1.165, 1.54) is 0 Å². The number of amides is 1. The summed E-state index contributed by atoms with van der Waals surface area (Å²) < 4.78 is 39.5. The summed E-state index contributed by atoms with van der Waals surface area (Å²) in [5.41, 5.74) is -2.12. The summed E-state index contributed by atoms with van der Waals surface area (Å²) in [5.74, 6) is 0.0109. The second kappa shape index (κ2) is 9.95. The number of anilines is 2.